The van der Waals surface area contributed by atoms with Crippen molar-refractivity contribution in [3.8, 4) is 11.3 Å². The fraction of sp³-hybridized carbons (Fsp3) is 0.450. The molecular formula is C20H28N6O2. The summed E-state index contributed by atoms with van der Waals surface area (Å²) in [6.45, 7) is 6.56. The van der Waals surface area contributed by atoms with E-state index in [9.17, 15) is 9.59 Å². The van der Waals surface area contributed by atoms with E-state index in [2.05, 4.69) is 26.4 Å². The predicted molar refractivity (Wildman–Crippen MR) is 109 cm³/mol. The molecule has 1 fully saturated rings. The van der Waals surface area contributed by atoms with Crippen LogP contribution in [0.3, 0.4) is 0 Å². The van der Waals surface area contributed by atoms with Crippen molar-refractivity contribution in [1.29, 1.82) is 0 Å². The molecular weight excluding hydrogens is 356 g/mol. The van der Waals surface area contributed by atoms with E-state index in [1.807, 2.05) is 57.2 Å². The number of carbonyl (C=O) groups excluding carboxylic acids is 2. The first kappa shape index (κ1) is 19.9. The van der Waals surface area contributed by atoms with Crippen LogP contribution in [0, 0.1) is 5.92 Å². The Kier molecular flexibility index (Phi) is 6.30. The zero-order valence-corrected chi connectivity index (χ0v) is 16.5. The van der Waals surface area contributed by atoms with Crippen molar-refractivity contribution in [2.24, 2.45) is 5.92 Å². The molecule has 8 nitrogen and oxygen atoms in total. The molecule has 1 aliphatic rings. The van der Waals surface area contributed by atoms with E-state index in [-0.39, 0.29) is 23.9 Å². The summed E-state index contributed by atoms with van der Waals surface area (Å²) in [5.74, 6) is 0.397. The topological polar surface area (TPSA) is 100 Å². The highest BCUT2D eigenvalue weighted by Gasteiger charge is 2.34. The van der Waals surface area contributed by atoms with Crippen LogP contribution in [-0.4, -0.2) is 34.3 Å². The number of urea groups is 1. The maximum Gasteiger partial charge on any atom is 0.320 e. The van der Waals surface area contributed by atoms with Crippen LogP contribution in [0.15, 0.2) is 36.4 Å². The molecule has 1 aliphatic heterocycles. The molecule has 0 aliphatic carbocycles. The van der Waals surface area contributed by atoms with E-state index in [4.69, 9.17) is 0 Å². The molecule has 150 valence electrons. The molecule has 1 saturated heterocycles. The summed E-state index contributed by atoms with van der Waals surface area (Å²) in [6.07, 6.45) is 1.06. The van der Waals surface area contributed by atoms with Gasteiger partial charge in [0.2, 0.25) is 5.91 Å². The monoisotopic (exact) mass is 384 g/mol. The lowest BCUT2D eigenvalue weighted by atomic mass is 9.95. The Labute approximate surface area is 165 Å². The highest BCUT2D eigenvalue weighted by atomic mass is 16.2. The van der Waals surface area contributed by atoms with Gasteiger partial charge in [-0.05, 0) is 19.8 Å². The normalized spacial score (nSPS) is 21.8. The Morgan fingerprint density at radius 3 is 2.64 bits per heavy atom. The summed E-state index contributed by atoms with van der Waals surface area (Å²) in [4.78, 5) is 24.7. The van der Waals surface area contributed by atoms with E-state index in [1.165, 1.54) is 0 Å². The second-order valence-corrected chi connectivity index (χ2v) is 6.99. The predicted octanol–water partition coefficient (Wildman–Crippen LogP) is 2.67. The number of aromatic nitrogens is 2. The fourth-order valence-electron chi connectivity index (χ4n) is 3.38. The summed E-state index contributed by atoms with van der Waals surface area (Å²) in [5.41, 5.74) is 1.65. The summed E-state index contributed by atoms with van der Waals surface area (Å²) >= 11 is 0. The van der Waals surface area contributed by atoms with Crippen LogP contribution in [0.4, 0.5) is 10.6 Å². The van der Waals surface area contributed by atoms with Crippen LogP contribution in [0.1, 0.15) is 39.9 Å². The largest absolute Gasteiger partial charge is 0.338 e. The Balaban J connectivity index is 1.90. The molecule has 3 amide bonds. The fourth-order valence-corrected chi connectivity index (χ4v) is 3.38. The van der Waals surface area contributed by atoms with Crippen LogP contribution < -0.4 is 21.3 Å². The Hall–Kier alpha value is -2.87. The first-order valence-corrected chi connectivity index (χ1v) is 9.79. The minimum atomic E-state index is -0.538. The second-order valence-electron chi connectivity index (χ2n) is 6.99. The van der Waals surface area contributed by atoms with Gasteiger partial charge < -0.3 is 10.6 Å². The number of amides is 3. The van der Waals surface area contributed by atoms with Crippen LogP contribution in [0.5, 0.6) is 0 Å². The van der Waals surface area contributed by atoms with Crippen molar-refractivity contribution in [1.82, 2.24) is 25.7 Å². The number of carbonyl (C=O) groups is 2. The maximum absolute atomic E-state index is 12.5. The molecule has 3 atom stereocenters. The van der Waals surface area contributed by atoms with Gasteiger partial charge in [0.1, 0.15) is 5.82 Å². The van der Waals surface area contributed by atoms with E-state index >= 15 is 0 Å². The van der Waals surface area contributed by atoms with E-state index < -0.39 is 6.29 Å². The molecule has 0 spiro atoms. The number of hydrogen-bond donors (Lipinski definition) is 4. The van der Waals surface area contributed by atoms with Crippen molar-refractivity contribution in [2.45, 2.75) is 45.9 Å². The number of anilines is 1. The summed E-state index contributed by atoms with van der Waals surface area (Å²) in [6, 6.07) is 11.2. The lowest BCUT2D eigenvalue weighted by molar-refractivity contribution is -0.130. The third-order valence-corrected chi connectivity index (χ3v) is 4.91. The maximum atomic E-state index is 12.5. The van der Waals surface area contributed by atoms with Gasteiger partial charge in [-0.25, -0.2) is 9.48 Å². The number of nitrogens with one attached hydrogen (secondary N) is 4. The van der Waals surface area contributed by atoms with E-state index in [0.29, 0.717) is 18.1 Å². The highest BCUT2D eigenvalue weighted by Crippen LogP contribution is 2.25. The van der Waals surface area contributed by atoms with Crippen LogP contribution >= 0.6 is 0 Å². The van der Waals surface area contributed by atoms with Crippen molar-refractivity contribution >= 4 is 17.8 Å². The quantitative estimate of drug-likeness (QED) is 0.615. The SMILES string of the molecule is CCCNC(=O)Nc1cc(-c2ccccc2)nn1C1NC(=O)C(CC)C(C)N1. The van der Waals surface area contributed by atoms with Gasteiger partial charge in [0, 0.05) is 24.2 Å². The summed E-state index contributed by atoms with van der Waals surface area (Å²) in [5, 5.41) is 16.6. The summed E-state index contributed by atoms with van der Waals surface area (Å²) < 4.78 is 1.62. The average Bonchev–Trinajstić information content (AvgIpc) is 3.10. The second kappa shape index (κ2) is 8.88. The van der Waals surface area contributed by atoms with Crippen LogP contribution in [-0.2, 0) is 4.79 Å². The van der Waals surface area contributed by atoms with Crippen LogP contribution in [0.2, 0.25) is 0 Å². The molecule has 2 aromatic rings. The van der Waals surface area contributed by atoms with Crippen LogP contribution in [0.25, 0.3) is 11.3 Å². The lowest BCUT2D eigenvalue weighted by Gasteiger charge is -2.35. The molecule has 1 aromatic heterocycles. The third kappa shape index (κ3) is 4.33. The van der Waals surface area contributed by atoms with Gasteiger partial charge in [0.25, 0.3) is 0 Å². The molecule has 1 aromatic carbocycles. The molecule has 28 heavy (non-hydrogen) atoms. The molecule has 3 unspecified atom stereocenters. The first-order chi connectivity index (χ1) is 13.5. The molecule has 3 rings (SSSR count). The molecule has 0 saturated carbocycles. The van der Waals surface area contributed by atoms with Gasteiger partial charge in [0.15, 0.2) is 6.29 Å². The highest BCUT2D eigenvalue weighted by molar-refractivity contribution is 5.89. The molecule has 8 heteroatoms. The Morgan fingerprint density at radius 1 is 1.25 bits per heavy atom. The molecule has 0 radical (unpaired) electrons. The summed E-state index contributed by atoms with van der Waals surface area (Å²) in [7, 11) is 0. The van der Waals surface area contributed by atoms with Gasteiger partial charge >= 0.3 is 6.03 Å². The first-order valence-electron chi connectivity index (χ1n) is 9.79. The molecule has 0 bridgehead atoms. The number of hydrogen-bond acceptors (Lipinski definition) is 4. The smallest absolute Gasteiger partial charge is 0.320 e. The van der Waals surface area contributed by atoms with E-state index in [0.717, 1.165) is 18.4 Å². The van der Waals surface area contributed by atoms with Gasteiger partial charge in [-0.2, -0.15) is 5.10 Å². The standard InChI is InChI=1S/C20H28N6O2/c1-4-11-21-20(28)23-17-12-16(14-9-7-6-8-10-14)25-26(17)19-22-13(3)15(5-2)18(27)24-19/h6-10,12-13,15,19,22H,4-5,11H2,1-3H3,(H,24,27)(H2,21,23,28). The zero-order chi connectivity index (χ0) is 20.1. The average molecular weight is 384 g/mol. The Morgan fingerprint density at radius 2 is 2.00 bits per heavy atom. The van der Waals surface area contributed by atoms with Gasteiger partial charge in [-0.3, -0.25) is 15.4 Å². The Bertz CT molecular complexity index is 819. The number of nitrogens with zero attached hydrogens (tertiary/aromatic N) is 2. The van der Waals surface area contributed by atoms with Gasteiger partial charge in [0.05, 0.1) is 11.6 Å². The minimum absolute atomic E-state index is 0.00473. The minimum Gasteiger partial charge on any atom is -0.338 e. The van der Waals surface area contributed by atoms with Crippen molar-refractivity contribution in [2.75, 3.05) is 11.9 Å². The van der Waals surface area contributed by atoms with Crippen molar-refractivity contribution in [3.05, 3.63) is 36.4 Å². The van der Waals surface area contributed by atoms with Crippen molar-refractivity contribution in [3.63, 3.8) is 0 Å². The van der Waals surface area contributed by atoms with Gasteiger partial charge in [-0.15, -0.1) is 0 Å². The zero-order valence-electron chi connectivity index (χ0n) is 16.5. The number of benzene rings is 1. The van der Waals surface area contributed by atoms with E-state index in [1.54, 1.807) is 4.68 Å². The lowest BCUT2D eigenvalue weighted by Crippen LogP contribution is -2.57. The van der Waals surface area contributed by atoms with Gasteiger partial charge in [-0.1, -0.05) is 44.2 Å². The third-order valence-electron chi connectivity index (χ3n) is 4.91. The molecule has 2 heterocycles. The van der Waals surface area contributed by atoms with Crippen molar-refractivity contribution < 1.29 is 9.59 Å². The number of rotatable bonds is 6. The molecule has 4 N–H and O–H groups in total.